The van der Waals surface area contributed by atoms with Crippen LogP contribution >= 0.6 is 0 Å². The fraction of sp³-hybridized carbons (Fsp3) is 0.182. The molecule has 0 fully saturated rings. The highest BCUT2D eigenvalue weighted by Gasteiger charge is 2.23. The highest BCUT2D eigenvalue weighted by atomic mass is 19.1. The zero-order chi connectivity index (χ0) is 29.2. The summed E-state index contributed by atoms with van der Waals surface area (Å²) < 4.78 is 19.5. The van der Waals surface area contributed by atoms with Gasteiger partial charge in [-0.2, -0.15) is 0 Å². The van der Waals surface area contributed by atoms with Gasteiger partial charge in [-0.1, -0.05) is 72.8 Å². The second kappa shape index (κ2) is 13.9. The molecule has 4 aromatic carbocycles. The second-order valence-corrected chi connectivity index (χ2v) is 9.36. The Morgan fingerprint density at radius 2 is 1.37 bits per heavy atom. The lowest BCUT2D eigenvalue weighted by Gasteiger charge is -2.24. The van der Waals surface area contributed by atoms with Gasteiger partial charge < -0.3 is 20.1 Å². The van der Waals surface area contributed by atoms with Crippen molar-refractivity contribution in [1.82, 2.24) is 10.2 Å². The van der Waals surface area contributed by atoms with E-state index in [1.165, 1.54) is 11.0 Å². The van der Waals surface area contributed by atoms with Crippen LogP contribution in [-0.2, 0) is 17.8 Å². The zero-order valence-electron chi connectivity index (χ0n) is 22.7. The van der Waals surface area contributed by atoms with Crippen LogP contribution in [0.15, 0.2) is 97.1 Å². The fourth-order valence-corrected chi connectivity index (χ4v) is 4.61. The number of ether oxygens (including phenoxy) is 1. The quantitative estimate of drug-likeness (QED) is 0.238. The van der Waals surface area contributed by atoms with E-state index in [0.29, 0.717) is 40.0 Å². The number of carbonyl (C=O) groups is 3. The molecule has 0 unspecified atom stereocenters. The molecule has 0 saturated carbocycles. The molecule has 4 aromatic rings. The highest BCUT2D eigenvalue weighted by molar-refractivity contribution is 6.06. The Hall–Kier alpha value is -4.98. The summed E-state index contributed by atoms with van der Waals surface area (Å²) in [5.41, 5.74) is 2.99. The van der Waals surface area contributed by atoms with Gasteiger partial charge in [-0.25, -0.2) is 4.39 Å². The molecule has 0 saturated heterocycles. The first kappa shape index (κ1) is 29.0. The Labute approximate surface area is 238 Å². The number of methoxy groups -OCH3 is 1. The standard InChI is InChI=1S/C33H31FN2O5/c1-41-30-17-9-3-10-23(30)18-20-36(21-19-31(37)38)33(40)28-15-7-5-13-26(28)25-12-4-6-14-27(25)32(39)35-22-24-11-2-8-16-29(24)34/h2-17H,18-22H2,1H3,(H,35,39)(H,37,38). The van der Waals surface area contributed by atoms with Crippen LogP contribution in [-0.4, -0.2) is 48.0 Å². The van der Waals surface area contributed by atoms with E-state index in [2.05, 4.69) is 5.32 Å². The minimum absolute atomic E-state index is 0.00628. The summed E-state index contributed by atoms with van der Waals surface area (Å²) in [6.07, 6.45) is 0.251. The van der Waals surface area contributed by atoms with Crippen LogP contribution in [0.1, 0.15) is 38.3 Å². The van der Waals surface area contributed by atoms with Crippen LogP contribution in [0.5, 0.6) is 5.75 Å². The summed E-state index contributed by atoms with van der Waals surface area (Å²) in [6, 6.07) is 27.5. The maximum Gasteiger partial charge on any atom is 0.305 e. The Bertz CT molecular complexity index is 1540. The number of benzene rings is 4. The minimum Gasteiger partial charge on any atom is -0.496 e. The van der Waals surface area contributed by atoms with Crippen molar-refractivity contribution in [3.8, 4) is 16.9 Å². The summed E-state index contributed by atoms with van der Waals surface area (Å²) in [4.78, 5) is 40.1. The van der Waals surface area contributed by atoms with Crippen LogP contribution in [0, 0.1) is 5.82 Å². The molecule has 0 spiro atoms. The molecule has 7 nitrogen and oxygen atoms in total. The summed E-state index contributed by atoms with van der Waals surface area (Å²) in [7, 11) is 1.58. The highest BCUT2D eigenvalue weighted by Crippen LogP contribution is 2.29. The molecule has 0 aliphatic rings. The number of rotatable bonds is 12. The number of carboxylic acid groups (broad SMARTS) is 1. The van der Waals surface area contributed by atoms with Crippen molar-refractivity contribution >= 4 is 17.8 Å². The summed E-state index contributed by atoms with van der Waals surface area (Å²) >= 11 is 0. The molecule has 0 heterocycles. The van der Waals surface area contributed by atoms with Gasteiger partial charge in [-0.15, -0.1) is 0 Å². The SMILES string of the molecule is COc1ccccc1CCN(CCC(=O)O)C(=O)c1ccccc1-c1ccccc1C(=O)NCc1ccccc1F. The zero-order valence-corrected chi connectivity index (χ0v) is 22.7. The Kier molecular flexibility index (Phi) is 9.83. The van der Waals surface area contributed by atoms with E-state index in [1.54, 1.807) is 73.8 Å². The lowest BCUT2D eigenvalue weighted by molar-refractivity contribution is -0.137. The van der Waals surface area contributed by atoms with Crippen molar-refractivity contribution < 1.29 is 28.6 Å². The third-order valence-electron chi connectivity index (χ3n) is 6.74. The Morgan fingerprint density at radius 1 is 0.780 bits per heavy atom. The maximum absolute atomic E-state index is 14.1. The molecule has 0 atom stereocenters. The molecule has 0 radical (unpaired) electrons. The van der Waals surface area contributed by atoms with Crippen molar-refractivity contribution in [1.29, 1.82) is 0 Å². The van der Waals surface area contributed by atoms with Gasteiger partial charge >= 0.3 is 5.97 Å². The number of carboxylic acids is 1. The first-order valence-electron chi connectivity index (χ1n) is 13.2. The number of para-hydroxylation sites is 1. The number of halogens is 1. The topological polar surface area (TPSA) is 95.9 Å². The molecule has 2 amide bonds. The molecule has 8 heteroatoms. The first-order chi connectivity index (χ1) is 19.9. The van der Waals surface area contributed by atoms with E-state index in [9.17, 15) is 23.9 Å². The normalized spacial score (nSPS) is 10.6. The predicted octanol–water partition coefficient (Wildman–Crippen LogP) is 5.59. The molecule has 2 N–H and O–H groups in total. The molecule has 0 aliphatic heterocycles. The summed E-state index contributed by atoms with van der Waals surface area (Å²) in [5.74, 6) is -1.49. The average Bonchev–Trinajstić information content (AvgIpc) is 3.00. The van der Waals surface area contributed by atoms with E-state index < -0.39 is 17.7 Å². The monoisotopic (exact) mass is 554 g/mol. The van der Waals surface area contributed by atoms with E-state index in [4.69, 9.17) is 4.74 Å². The fourth-order valence-electron chi connectivity index (χ4n) is 4.61. The van der Waals surface area contributed by atoms with E-state index in [0.717, 1.165) is 5.56 Å². The lowest BCUT2D eigenvalue weighted by atomic mass is 9.94. The number of hydrogen-bond donors (Lipinski definition) is 2. The van der Waals surface area contributed by atoms with Crippen molar-refractivity contribution in [2.45, 2.75) is 19.4 Å². The van der Waals surface area contributed by atoms with E-state index >= 15 is 0 Å². The molecule has 0 aromatic heterocycles. The van der Waals surface area contributed by atoms with Gasteiger partial charge in [0.15, 0.2) is 0 Å². The predicted molar refractivity (Wildman–Crippen MR) is 154 cm³/mol. The smallest absolute Gasteiger partial charge is 0.305 e. The van der Waals surface area contributed by atoms with Crippen LogP contribution < -0.4 is 10.1 Å². The Morgan fingerprint density at radius 3 is 2.05 bits per heavy atom. The number of carbonyl (C=O) groups excluding carboxylic acids is 2. The van der Waals surface area contributed by atoms with Gasteiger partial charge in [0.05, 0.1) is 13.5 Å². The van der Waals surface area contributed by atoms with Crippen molar-refractivity contribution in [3.63, 3.8) is 0 Å². The number of aliphatic carboxylic acids is 1. The van der Waals surface area contributed by atoms with Gasteiger partial charge in [0.2, 0.25) is 0 Å². The average molecular weight is 555 g/mol. The molecular weight excluding hydrogens is 523 g/mol. The largest absolute Gasteiger partial charge is 0.496 e. The second-order valence-electron chi connectivity index (χ2n) is 9.36. The van der Waals surface area contributed by atoms with Crippen LogP contribution in [0.2, 0.25) is 0 Å². The van der Waals surface area contributed by atoms with Gasteiger partial charge in [0.25, 0.3) is 11.8 Å². The Balaban J connectivity index is 1.62. The number of hydrogen-bond acceptors (Lipinski definition) is 4. The molecular formula is C33H31FN2O5. The van der Waals surface area contributed by atoms with E-state index in [-0.39, 0.29) is 32.0 Å². The summed E-state index contributed by atoms with van der Waals surface area (Å²) in [5, 5.41) is 12.1. The van der Waals surface area contributed by atoms with Crippen LogP contribution in [0.25, 0.3) is 11.1 Å². The van der Waals surface area contributed by atoms with Crippen molar-refractivity contribution in [2.75, 3.05) is 20.2 Å². The molecule has 0 bridgehead atoms. The van der Waals surface area contributed by atoms with Gasteiger partial charge in [-0.3, -0.25) is 14.4 Å². The molecule has 0 aliphatic carbocycles. The minimum atomic E-state index is -1.01. The molecule has 210 valence electrons. The van der Waals surface area contributed by atoms with Crippen LogP contribution in [0.3, 0.4) is 0 Å². The van der Waals surface area contributed by atoms with Gasteiger partial charge in [-0.05, 0) is 47.4 Å². The van der Waals surface area contributed by atoms with E-state index in [1.807, 2.05) is 24.3 Å². The van der Waals surface area contributed by atoms with Crippen molar-refractivity contribution in [2.24, 2.45) is 0 Å². The van der Waals surface area contributed by atoms with Gasteiger partial charge in [0, 0.05) is 36.3 Å². The third-order valence-corrected chi connectivity index (χ3v) is 6.74. The molecule has 41 heavy (non-hydrogen) atoms. The maximum atomic E-state index is 14.1. The number of nitrogens with zero attached hydrogens (tertiary/aromatic N) is 1. The summed E-state index contributed by atoms with van der Waals surface area (Å²) in [6.45, 7) is 0.292. The lowest BCUT2D eigenvalue weighted by Crippen LogP contribution is -2.35. The number of nitrogens with one attached hydrogen (secondary N) is 1. The van der Waals surface area contributed by atoms with Gasteiger partial charge in [0.1, 0.15) is 11.6 Å². The molecule has 4 rings (SSSR count). The first-order valence-corrected chi connectivity index (χ1v) is 13.2. The third kappa shape index (κ3) is 7.36. The van der Waals surface area contributed by atoms with Crippen molar-refractivity contribution in [3.05, 3.63) is 125 Å². The van der Waals surface area contributed by atoms with Crippen LogP contribution in [0.4, 0.5) is 4.39 Å². The number of amides is 2.